The van der Waals surface area contributed by atoms with E-state index in [-0.39, 0.29) is 61.6 Å². The van der Waals surface area contributed by atoms with E-state index in [2.05, 4.69) is 16.0 Å². The number of fused-ring (bicyclic) bond motifs is 1. The predicted octanol–water partition coefficient (Wildman–Crippen LogP) is 1.92. The quantitative estimate of drug-likeness (QED) is 0.0398. The van der Waals surface area contributed by atoms with Gasteiger partial charge in [0, 0.05) is 49.9 Å². The monoisotopic (exact) mass is 941 g/mol. The zero-order valence-corrected chi connectivity index (χ0v) is 37.2. The summed E-state index contributed by atoms with van der Waals surface area (Å²) in [6, 6.07) is 13.4. The number of aliphatic hydroxyl groups is 2. The van der Waals surface area contributed by atoms with Crippen LogP contribution in [0.15, 0.2) is 60.7 Å². The maximum atomic E-state index is 13.5. The molecule has 3 unspecified atom stereocenters. The molecule has 21 heteroatoms. The highest BCUT2D eigenvalue weighted by molar-refractivity contribution is 6.24. The van der Waals surface area contributed by atoms with Crippen molar-refractivity contribution in [1.82, 2.24) is 15.5 Å². The lowest BCUT2D eigenvalue weighted by Gasteiger charge is -2.41. The first-order valence-electron chi connectivity index (χ1n) is 22.0. The summed E-state index contributed by atoms with van der Waals surface area (Å²) in [4.78, 5) is 66.4. The van der Waals surface area contributed by atoms with Gasteiger partial charge in [0.05, 0.1) is 96.5 Å². The molecule has 6 rings (SSSR count). The Morgan fingerprint density at radius 2 is 1.33 bits per heavy atom. The molecule has 0 bridgehead atoms. The van der Waals surface area contributed by atoms with Gasteiger partial charge in [-0.1, -0.05) is 6.07 Å². The molecule has 2 saturated heterocycles. The smallest absolute Gasteiger partial charge is 0.268 e. The molecule has 0 radical (unpaired) electrons. The summed E-state index contributed by atoms with van der Waals surface area (Å²) >= 11 is 0. The second-order valence-corrected chi connectivity index (χ2v) is 15.9. The number of anilines is 2. The minimum Gasteiger partial charge on any atom is -0.491 e. The Balaban J connectivity index is 0.706. The van der Waals surface area contributed by atoms with Crippen LogP contribution in [0.4, 0.5) is 20.2 Å². The van der Waals surface area contributed by atoms with Gasteiger partial charge < -0.3 is 64.2 Å². The highest BCUT2D eigenvalue weighted by atomic mass is 19.1. The van der Waals surface area contributed by atoms with Gasteiger partial charge in [-0.15, -0.1) is 0 Å². The van der Waals surface area contributed by atoms with Crippen molar-refractivity contribution in [3.8, 4) is 5.75 Å². The van der Waals surface area contributed by atoms with Gasteiger partial charge in [0.2, 0.25) is 11.5 Å². The molecule has 364 valence electrons. The molecule has 67 heavy (non-hydrogen) atoms. The summed E-state index contributed by atoms with van der Waals surface area (Å²) in [7, 11) is 0. The molecule has 3 heterocycles. The van der Waals surface area contributed by atoms with Crippen LogP contribution in [0.1, 0.15) is 52.5 Å². The molecule has 3 aliphatic heterocycles. The van der Waals surface area contributed by atoms with Crippen molar-refractivity contribution in [3.05, 3.63) is 89.0 Å². The summed E-state index contributed by atoms with van der Waals surface area (Å²) in [6.07, 6.45) is 0.102. The molecule has 3 atom stereocenters. The van der Waals surface area contributed by atoms with Gasteiger partial charge in [-0.3, -0.25) is 28.9 Å². The van der Waals surface area contributed by atoms with Crippen molar-refractivity contribution in [2.75, 3.05) is 109 Å². The third-order valence-electron chi connectivity index (χ3n) is 11.1. The van der Waals surface area contributed by atoms with Crippen LogP contribution >= 0.6 is 0 Å². The third-order valence-corrected chi connectivity index (χ3v) is 11.1. The maximum Gasteiger partial charge on any atom is 0.268 e. The van der Waals surface area contributed by atoms with Crippen molar-refractivity contribution in [2.24, 2.45) is 0 Å². The average molecular weight is 942 g/mol. The number of hydrogen-bond acceptors (Lipinski definition) is 15. The van der Waals surface area contributed by atoms with Crippen molar-refractivity contribution >= 4 is 40.9 Å². The summed E-state index contributed by atoms with van der Waals surface area (Å²) in [6.45, 7) is 6.26. The van der Waals surface area contributed by atoms with Gasteiger partial charge in [0.25, 0.3) is 23.6 Å². The highest BCUT2D eigenvalue weighted by Gasteiger charge is 2.52. The van der Waals surface area contributed by atoms with Gasteiger partial charge in [-0.2, -0.15) is 0 Å². The number of hydrogen-bond donors (Lipinski definition) is 5. The first kappa shape index (κ1) is 50.8. The number of nitrogens with zero attached hydrogens (tertiary/aromatic N) is 2. The summed E-state index contributed by atoms with van der Waals surface area (Å²) in [5.74, 6) is -4.22. The van der Waals surface area contributed by atoms with E-state index in [4.69, 9.17) is 33.2 Å². The minimum atomic E-state index is -2.31. The lowest BCUT2D eigenvalue weighted by Crippen LogP contribution is -2.64. The molecule has 3 aromatic carbocycles. The molecule has 0 aromatic heterocycles. The molecule has 2 fully saturated rings. The van der Waals surface area contributed by atoms with Crippen molar-refractivity contribution in [1.29, 1.82) is 0 Å². The Labute approximate surface area is 385 Å². The van der Waals surface area contributed by atoms with Gasteiger partial charge in [-0.05, 0) is 67.4 Å². The van der Waals surface area contributed by atoms with Crippen LogP contribution in [-0.2, 0) is 49.3 Å². The van der Waals surface area contributed by atoms with Crippen LogP contribution in [0, 0.1) is 11.6 Å². The number of rotatable bonds is 28. The topological polar surface area (TPSA) is 233 Å². The second-order valence-electron chi connectivity index (χ2n) is 15.9. The van der Waals surface area contributed by atoms with Crippen LogP contribution in [0.5, 0.6) is 5.75 Å². The van der Waals surface area contributed by atoms with E-state index in [1.165, 1.54) is 11.8 Å². The Hall–Kier alpha value is -5.65. The van der Waals surface area contributed by atoms with Crippen molar-refractivity contribution in [2.45, 2.75) is 50.1 Å². The lowest BCUT2D eigenvalue weighted by molar-refractivity contribution is -0.149. The van der Waals surface area contributed by atoms with E-state index in [0.717, 1.165) is 17.0 Å². The Morgan fingerprint density at radius 1 is 0.761 bits per heavy atom. The Kier molecular flexibility index (Phi) is 18.5. The predicted molar refractivity (Wildman–Crippen MR) is 234 cm³/mol. The number of halogens is 2. The molecular weight excluding hydrogens is 885 g/mol. The number of carbonyl (C=O) groups excluding carboxylic acids is 5. The summed E-state index contributed by atoms with van der Waals surface area (Å²) in [5.41, 5.74) is -2.49. The van der Waals surface area contributed by atoms with Crippen LogP contribution in [0.2, 0.25) is 0 Å². The summed E-state index contributed by atoms with van der Waals surface area (Å²) in [5, 5.41) is 29.6. The van der Waals surface area contributed by atoms with Crippen LogP contribution in [0.3, 0.4) is 0 Å². The highest BCUT2D eigenvalue weighted by Crippen LogP contribution is 2.35. The fourth-order valence-electron chi connectivity index (χ4n) is 7.70. The first-order valence-corrected chi connectivity index (χ1v) is 22.0. The molecule has 0 spiro atoms. The van der Waals surface area contributed by atoms with E-state index < -0.39 is 52.6 Å². The largest absolute Gasteiger partial charge is 0.491 e. The van der Waals surface area contributed by atoms with Crippen LogP contribution in [-0.4, -0.2) is 161 Å². The second kappa shape index (κ2) is 24.4. The zero-order chi connectivity index (χ0) is 47.8. The number of carbonyl (C=O) groups is 5. The normalized spacial score (nSPS) is 20.3. The molecule has 0 aliphatic carbocycles. The van der Waals surface area contributed by atoms with Gasteiger partial charge in [-0.25, -0.2) is 8.78 Å². The van der Waals surface area contributed by atoms with E-state index in [1.54, 1.807) is 42.5 Å². The van der Waals surface area contributed by atoms with Gasteiger partial charge >= 0.3 is 0 Å². The van der Waals surface area contributed by atoms with E-state index in [0.29, 0.717) is 109 Å². The minimum absolute atomic E-state index is 0.0884. The number of amides is 5. The standard InChI is InChI=1S/C46H57F2N5O14/c1-45(59)38(9-10-39(54)51-45)53-41(55)36-3-2-4-37(40(36)42(53)56)49-12-14-61-15-16-62-17-18-63-19-20-64-21-22-65-23-24-66-25-26-67-35-7-5-34(6-8-35)52-13-11-46(60,44(52)58)43(57)50-30-31-27-32(47)29-33(48)28-31/h2-8,27-29,38,49,59-60H,9-26,30H2,1H3,(H,50,57)(H,51,54). The molecule has 3 aromatic rings. The maximum absolute atomic E-state index is 13.5. The molecule has 19 nitrogen and oxygen atoms in total. The Morgan fingerprint density at radius 3 is 1.91 bits per heavy atom. The fraction of sp³-hybridized carbons (Fsp3) is 0.500. The zero-order valence-electron chi connectivity index (χ0n) is 37.2. The van der Waals surface area contributed by atoms with Crippen molar-refractivity contribution < 1.29 is 76.1 Å². The average Bonchev–Trinajstić information content (AvgIpc) is 3.74. The molecular formula is C46H57F2N5O14. The SMILES string of the molecule is CC1(O)NC(=O)CCC1N1C(=O)c2cccc(NCCOCCOCCOCCOCCOCCOCCOc3ccc(N4CCC(O)(C(=O)NCc5cc(F)cc(F)c5)C4=O)cc3)c2C1=O. The molecule has 5 N–H and O–H groups in total. The van der Waals surface area contributed by atoms with Gasteiger partial charge in [0.15, 0.2) is 5.72 Å². The first-order chi connectivity index (χ1) is 32.3. The molecule has 3 aliphatic rings. The van der Waals surface area contributed by atoms with E-state index in [1.807, 2.05) is 0 Å². The number of imide groups is 1. The van der Waals surface area contributed by atoms with E-state index in [9.17, 15) is 43.0 Å². The van der Waals surface area contributed by atoms with Gasteiger partial charge in [0.1, 0.15) is 24.0 Å². The third kappa shape index (κ3) is 13.7. The van der Waals surface area contributed by atoms with Crippen LogP contribution < -0.4 is 25.6 Å². The number of benzene rings is 3. The number of piperidine rings is 1. The fourth-order valence-corrected chi connectivity index (χ4v) is 7.70. The summed E-state index contributed by atoms with van der Waals surface area (Å²) < 4.78 is 65.9. The van der Waals surface area contributed by atoms with E-state index >= 15 is 0 Å². The number of ether oxygens (including phenoxy) is 7. The Bertz CT molecular complexity index is 2160. The van der Waals surface area contributed by atoms with Crippen LogP contribution in [0.25, 0.3) is 0 Å². The number of nitrogens with one attached hydrogen (secondary N) is 3. The molecule has 5 amide bonds. The van der Waals surface area contributed by atoms with Crippen molar-refractivity contribution in [3.63, 3.8) is 0 Å². The molecule has 0 saturated carbocycles. The lowest BCUT2D eigenvalue weighted by atomic mass is 9.94.